The summed E-state index contributed by atoms with van der Waals surface area (Å²) in [6.07, 6.45) is 1.78. The van der Waals surface area contributed by atoms with Crippen LogP contribution in [0.3, 0.4) is 0 Å². The van der Waals surface area contributed by atoms with Gasteiger partial charge in [0.2, 0.25) is 11.8 Å². The number of hydrogen-bond acceptors (Lipinski definition) is 6. The summed E-state index contributed by atoms with van der Waals surface area (Å²) in [6.45, 7) is 2.56. The number of non-ortho nitro benzene ring substituents is 1. The highest BCUT2D eigenvalue weighted by molar-refractivity contribution is 6.03. The summed E-state index contributed by atoms with van der Waals surface area (Å²) in [5.74, 6) is -1.50. The molecule has 2 amide bonds. The Morgan fingerprint density at radius 3 is 2.45 bits per heavy atom. The number of nitrogens with one attached hydrogen (secondary N) is 1. The zero-order valence-electron chi connectivity index (χ0n) is 17.1. The Morgan fingerprint density at radius 1 is 1.16 bits per heavy atom. The molecule has 1 aliphatic rings. The molecule has 1 aliphatic heterocycles. The zero-order chi connectivity index (χ0) is 22.4. The molecule has 2 aromatic carbocycles. The number of carbonyl (C=O) groups excluding carboxylic acids is 3. The van der Waals surface area contributed by atoms with Gasteiger partial charge >= 0.3 is 5.97 Å². The molecular weight excluding hydrogens is 402 g/mol. The summed E-state index contributed by atoms with van der Waals surface area (Å²) in [4.78, 5) is 48.6. The first-order chi connectivity index (χ1) is 14.9. The Labute approximate surface area is 179 Å². The second-order valence-electron chi connectivity index (χ2n) is 7.23. The minimum atomic E-state index is -0.554. The summed E-state index contributed by atoms with van der Waals surface area (Å²) in [6, 6.07) is 12.0. The lowest BCUT2D eigenvalue weighted by molar-refractivity contribution is -0.384. The molecule has 9 heteroatoms. The van der Waals surface area contributed by atoms with Crippen LogP contribution in [0.15, 0.2) is 48.5 Å². The van der Waals surface area contributed by atoms with E-state index >= 15 is 0 Å². The highest BCUT2D eigenvalue weighted by atomic mass is 16.6. The number of hydrogen-bond donors (Lipinski definition) is 1. The molecule has 2 aromatic rings. The van der Waals surface area contributed by atoms with Crippen molar-refractivity contribution in [2.24, 2.45) is 5.92 Å². The van der Waals surface area contributed by atoms with Crippen molar-refractivity contribution in [1.82, 2.24) is 0 Å². The molecule has 1 atom stereocenters. The van der Waals surface area contributed by atoms with Gasteiger partial charge in [0.25, 0.3) is 5.69 Å². The number of nitro benzene ring substituents is 1. The van der Waals surface area contributed by atoms with Crippen LogP contribution in [0.1, 0.15) is 36.5 Å². The van der Waals surface area contributed by atoms with Gasteiger partial charge in [0.15, 0.2) is 0 Å². The number of ether oxygens (including phenoxy) is 1. The van der Waals surface area contributed by atoms with Crippen LogP contribution in [0.4, 0.5) is 17.1 Å². The van der Waals surface area contributed by atoms with E-state index in [1.165, 1.54) is 29.2 Å². The molecule has 1 fully saturated rings. The Hall–Kier alpha value is -3.75. The average Bonchev–Trinajstić information content (AvgIpc) is 3.16. The second-order valence-corrected chi connectivity index (χ2v) is 7.23. The van der Waals surface area contributed by atoms with Gasteiger partial charge in [0.05, 0.1) is 23.0 Å². The number of nitrogens with zero attached hydrogens (tertiary/aromatic N) is 2. The molecule has 0 radical (unpaired) electrons. The summed E-state index contributed by atoms with van der Waals surface area (Å²) in [5, 5.41) is 13.5. The zero-order valence-corrected chi connectivity index (χ0v) is 17.1. The van der Waals surface area contributed by atoms with Crippen molar-refractivity contribution in [3.8, 4) is 0 Å². The Bertz CT molecular complexity index is 972. The first-order valence-electron chi connectivity index (χ1n) is 10.0. The maximum absolute atomic E-state index is 12.6. The van der Waals surface area contributed by atoms with Crippen LogP contribution in [-0.2, 0) is 14.3 Å². The Balaban J connectivity index is 1.58. The van der Waals surface area contributed by atoms with E-state index in [9.17, 15) is 24.5 Å². The molecule has 0 aliphatic carbocycles. The van der Waals surface area contributed by atoms with E-state index in [1.807, 2.05) is 6.92 Å². The van der Waals surface area contributed by atoms with Gasteiger partial charge in [0, 0.05) is 36.5 Å². The van der Waals surface area contributed by atoms with Gasteiger partial charge in [-0.05, 0) is 42.8 Å². The number of nitro groups is 1. The van der Waals surface area contributed by atoms with Gasteiger partial charge in [-0.1, -0.05) is 13.3 Å². The van der Waals surface area contributed by atoms with Crippen LogP contribution in [0.2, 0.25) is 0 Å². The highest BCUT2D eigenvalue weighted by Crippen LogP contribution is 2.27. The molecule has 1 N–H and O–H groups in total. The van der Waals surface area contributed by atoms with Gasteiger partial charge in [-0.25, -0.2) is 4.79 Å². The van der Waals surface area contributed by atoms with Gasteiger partial charge in [-0.3, -0.25) is 19.7 Å². The molecular formula is C22H23N3O6. The lowest BCUT2D eigenvalue weighted by Gasteiger charge is -2.16. The molecule has 31 heavy (non-hydrogen) atoms. The predicted molar refractivity (Wildman–Crippen MR) is 114 cm³/mol. The van der Waals surface area contributed by atoms with Gasteiger partial charge in [0.1, 0.15) is 0 Å². The highest BCUT2D eigenvalue weighted by Gasteiger charge is 2.35. The quantitative estimate of drug-likeness (QED) is 0.299. The minimum absolute atomic E-state index is 0.0463. The number of benzene rings is 2. The van der Waals surface area contributed by atoms with Crippen molar-refractivity contribution in [2.75, 3.05) is 23.4 Å². The maximum atomic E-state index is 12.6. The fraction of sp³-hybridized carbons (Fsp3) is 0.318. The van der Waals surface area contributed by atoms with Crippen LogP contribution in [0.25, 0.3) is 0 Å². The SMILES string of the molecule is CCCCOC(=O)c1ccc(NC(=O)[C@@H]2CC(=O)N(c3ccc([N+](=O)[O-])cc3)C2)cc1. The molecule has 1 heterocycles. The number of anilines is 2. The first-order valence-corrected chi connectivity index (χ1v) is 10.0. The molecule has 0 unspecified atom stereocenters. The van der Waals surface area contributed by atoms with Gasteiger partial charge in [-0.2, -0.15) is 0 Å². The van der Waals surface area contributed by atoms with Crippen molar-refractivity contribution >= 4 is 34.8 Å². The molecule has 0 bridgehead atoms. The fourth-order valence-electron chi connectivity index (χ4n) is 3.21. The molecule has 9 nitrogen and oxygen atoms in total. The van der Waals surface area contributed by atoms with Crippen molar-refractivity contribution in [1.29, 1.82) is 0 Å². The summed E-state index contributed by atoms with van der Waals surface area (Å²) in [7, 11) is 0. The van der Waals surface area contributed by atoms with E-state index in [-0.39, 0.29) is 30.5 Å². The minimum Gasteiger partial charge on any atom is -0.462 e. The molecule has 0 spiro atoms. The van der Waals surface area contributed by atoms with Crippen LogP contribution < -0.4 is 10.2 Å². The van der Waals surface area contributed by atoms with Gasteiger partial charge < -0.3 is 15.0 Å². The second kappa shape index (κ2) is 9.84. The number of amides is 2. The van der Waals surface area contributed by atoms with E-state index in [1.54, 1.807) is 24.3 Å². The lowest BCUT2D eigenvalue weighted by atomic mass is 10.1. The van der Waals surface area contributed by atoms with Crippen molar-refractivity contribution in [3.63, 3.8) is 0 Å². The standard InChI is InChI=1S/C22H23N3O6/c1-2-3-12-31-22(28)15-4-6-17(7-5-15)23-21(27)16-13-20(26)24(14-16)18-8-10-19(11-9-18)25(29)30/h4-11,16H,2-3,12-14H2,1H3,(H,23,27)/t16-/m1/s1. The van der Waals surface area contributed by atoms with E-state index in [2.05, 4.69) is 5.32 Å². The molecule has 1 saturated heterocycles. The summed E-state index contributed by atoms with van der Waals surface area (Å²) < 4.78 is 5.15. The average molecular weight is 425 g/mol. The molecule has 0 saturated carbocycles. The summed E-state index contributed by atoms with van der Waals surface area (Å²) >= 11 is 0. The number of carbonyl (C=O) groups is 3. The topological polar surface area (TPSA) is 119 Å². The van der Waals surface area contributed by atoms with Crippen LogP contribution in [-0.4, -0.2) is 35.9 Å². The number of unbranched alkanes of at least 4 members (excludes halogenated alkanes) is 1. The molecule has 3 rings (SSSR count). The van der Waals surface area contributed by atoms with E-state index in [0.717, 1.165) is 12.8 Å². The third-order valence-corrected chi connectivity index (χ3v) is 4.99. The normalized spacial score (nSPS) is 15.6. The number of esters is 1. The van der Waals surface area contributed by atoms with Crippen LogP contribution in [0, 0.1) is 16.0 Å². The lowest BCUT2D eigenvalue weighted by Crippen LogP contribution is -2.28. The predicted octanol–water partition coefficient (Wildman–Crippen LogP) is 3.54. The third kappa shape index (κ3) is 5.44. The van der Waals surface area contributed by atoms with E-state index < -0.39 is 16.8 Å². The number of rotatable bonds is 8. The Kier molecular flexibility index (Phi) is 6.96. The largest absolute Gasteiger partial charge is 0.462 e. The van der Waals surface area contributed by atoms with E-state index in [0.29, 0.717) is 23.5 Å². The third-order valence-electron chi connectivity index (χ3n) is 4.99. The van der Waals surface area contributed by atoms with E-state index in [4.69, 9.17) is 4.74 Å². The smallest absolute Gasteiger partial charge is 0.338 e. The fourth-order valence-corrected chi connectivity index (χ4v) is 3.21. The molecule has 0 aromatic heterocycles. The molecule has 162 valence electrons. The summed E-state index contributed by atoms with van der Waals surface area (Å²) in [5.41, 5.74) is 1.35. The monoisotopic (exact) mass is 425 g/mol. The Morgan fingerprint density at radius 2 is 1.84 bits per heavy atom. The van der Waals surface area contributed by atoms with Crippen LogP contribution in [0.5, 0.6) is 0 Å². The van der Waals surface area contributed by atoms with Crippen molar-refractivity contribution in [2.45, 2.75) is 26.2 Å². The van der Waals surface area contributed by atoms with Crippen LogP contribution >= 0.6 is 0 Å². The van der Waals surface area contributed by atoms with Crippen molar-refractivity contribution in [3.05, 3.63) is 64.2 Å². The van der Waals surface area contributed by atoms with Crippen molar-refractivity contribution < 1.29 is 24.0 Å². The van der Waals surface area contributed by atoms with Gasteiger partial charge in [-0.15, -0.1) is 0 Å². The maximum Gasteiger partial charge on any atom is 0.338 e. The first kappa shape index (κ1) is 21.9.